The van der Waals surface area contributed by atoms with Gasteiger partial charge in [0.05, 0.1) is 11.0 Å². The highest BCUT2D eigenvalue weighted by Crippen LogP contribution is 2.29. The van der Waals surface area contributed by atoms with Crippen molar-refractivity contribution < 1.29 is 4.79 Å². The van der Waals surface area contributed by atoms with Crippen molar-refractivity contribution >= 4 is 16.9 Å². The number of fused-ring (bicyclic) bond motifs is 1. The number of likely N-dealkylation sites (tertiary alicyclic amines) is 1. The molecule has 1 saturated carbocycles. The number of para-hydroxylation sites is 2. The molecule has 7 nitrogen and oxygen atoms in total. The van der Waals surface area contributed by atoms with E-state index in [0.717, 1.165) is 43.0 Å². The van der Waals surface area contributed by atoms with E-state index in [1.54, 1.807) is 4.68 Å². The SMILES string of the molecule is CC(=O)Nn1/c(=N\C#N)n(C2CCN(C3CCCCCCC3)CC2)c2ccccc21. The highest BCUT2D eigenvalue weighted by molar-refractivity contribution is 5.84. The lowest BCUT2D eigenvalue weighted by Crippen LogP contribution is -2.44. The van der Waals surface area contributed by atoms with Crippen LogP contribution in [0.3, 0.4) is 0 Å². The van der Waals surface area contributed by atoms with Crippen LogP contribution in [0.5, 0.6) is 0 Å². The molecule has 0 unspecified atom stereocenters. The number of imidazole rings is 1. The van der Waals surface area contributed by atoms with Crippen molar-refractivity contribution in [1.29, 1.82) is 5.26 Å². The molecule has 1 aromatic heterocycles. The van der Waals surface area contributed by atoms with Crippen molar-refractivity contribution in [3.05, 3.63) is 29.9 Å². The normalized spacial score (nSPS) is 20.6. The molecule has 0 spiro atoms. The predicted octanol–water partition coefficient (Wildman–Crippen LogP) is 3.66. The number of aromatic nitrogens is 2. The zero-order valence-corrected chi connectivity index (χ0v) is 17.9. The Morgan fingerprint density at radius 2 is 1.63 bits per heavy atom. The van der Waals surface area contributed by atoms with Crippen LogP contribution in [0.15, 0.2) is 29.3 Å². The van der Waals surface area contributed by atoms with Gasteiger partial charge in [-0.1, -0.05) is 44.2 Å². The maximum Gasteiger partial charge on any atom is 0.241 e. The number of nitrogens with one attached hydrogen (secondary N) is 1. The van der Waals surface area contributed by atoms with E-state index in [4.69, 9.17) is 0 Å². The van der Waals surface area contributed by atoms with E-state index in [1.165, 1.54) is 51.9 Å². The average Bonchev–Trinajstić information content (AvgIpc) is 3.01. The van der Waals surface area contributed by atoms with Gasteiger partial charge in [-0.15, -0.1) is 4.99 Å². The van der Waals surface area contributed by atoms with Crippen molar-refractivity contribution in [2.75, 3.05) is 18.5 Å². The molecule has 1 amide bonds. The number of hydrogen-bond donors (Lipinski definition) is 1. The summed E-state index contributed by atoms with van der Waals surface area (Å²) in [5.74, 6) is -0.184. The van der Waals surface area contributed by atoms with Crippen molar-refractivity contribution in [3.8, 4) is 6.19 Å². The molecule has 1 saturated heterocycles. The summed E-state index contributed by atoms with van der Waals surface area (Å²) in [6.45, 7) is 3.63. The molecule has 1 aromatic carbocycles. The van der Waals surface area contributed by atoms with E-state index in [2.05, 4.69) is 19.9 Å². The minimum atomic E-state index is -0.184. The van der Waals surface area contributed by atoms with Gasteiger partial charge in [0, 0.05) is 32.1 Å². The molecule has 2 fully saturated rings. The second kappa shape index (κ2) is 9.48. The highest BCUT2D eigenvalue weighted by Gasteiger charge is 2.28. The smallest absolute Gasteiger partial charge is 0.241 e. The number of nitriles is 1. The van der Waals surface area contributed by atoms with Crippen LogP contribution in [0, 0.1) is 11.5 Å². The van der Waals surface area contributed by atoms with Crippen LogP contribution in [0.25, 0.3) is 11.0 Å². The van der Waals surface area contributed by atoms with Crippen molar-refractivity contribution in [2.24, 2.45) is 4.99 Å². The molecule has 1 N–H and O–H groups in total. The van der Waals surface area contributed by atoms with Gasteiger partial charge in [-0.25, -0.2) is 4.68 Å². The lowest BCUT2D eigenvalue weighted by atomic mass is 9.93. The quantitative estimate of drug-likeness (QED) is 0.787. The first-order chi connectivity index (χ1) is 14.7. The van der Waals surface area contributed by atoms with Crippen molar-refractivity contribution in [2.45, 2.75) is 76.8 Å². The minimum absolute atomic E-state index is 0.184. The number of hydrogen-bond acceptors (Lipinski definition) is 4. The zero-order chi connectivity index (χ0) is 20.9. The Hall–Kier alpha value is -2.59. The molecule has 30 heavy (non-hydrogen) atoms. The molecule has 2 heterocycles. The topological polar surface area (TPSA) is 78.4 Å². The van der Waals surface area contributed by atoms with Gasteiger partial charge in [-0.05, 0) is 37.8 Å². The fourth-order valence-electron chi connectivity index (χ4n) is 5.27. The second-order valence-corrected chi connectivity index (χ2v) is 8.64. The maximum absolute atomic E-state index is 11.8. The van der Waals surface area contributed by atoms with Gasteiger partial charge >= 0.3 is 0 Å². The van der Waals surface area contributed by atoms with Crippen molar-refractivity contribution in [1.82, 2.24) is 14.1 Å². The number of benzene rings is 1. The summed E-state index contributed by atoms with van der Waals surface area (Å²) in [6, 6.07) is 8.93. The summed E-state index contributed by atoms with van der Waals surface area (Å²) in [4.78, 5) is 18.6. The van der Waals surface area contributed by atoms with Crippen LogP contribution >= 0.6 is 0 Å². The molecule has 7 heteroatoms. The Morgan fingerprint density at radius 3 is 2.27 bits per heavy atom. The lowest BCUT2D eigenvalue weighted by molar-refractivity contribution is -0.115. The van der Waals surface area contributed by atoms with Crippen LogP contribution in [0.2, 0.25) is 0 Å². The standard InChI is InChI=1S/C23H32N6O/c1-18(30)26-29-22-12-8-7-11-21(22)28(23(29)25-17-24)20-13-15-27(16-14-20)19-9-5-3-2-4-6-10-19/h7-8,11-12,19-20H,2-6,9-10,13-16H2,1H3,(H,26,30)/b25-23-. The summed E-state index contributed by atoms with van der Waals surface area (Å²) in [5.41, 5.74) is 5.20. The van der Waals surface area contributed by atoms with Crippen LogP contribution in [0.4, 0.5) is 0 Å². The predicted molar refractivity (Wildman–Crippen MR) is 117 cm³/mol. The van der Waals surface area contributed by atoms with Crippen LogP contribution < -0.4 is 11.0 Å². The molecule has 1 aliphatic carbocycles. The first-order valence-electron chi connectivity index (χ1n) is 11.4. The number of carbonyl (C=O) groups excluding carboxylic acids is 1. The number of carbonyl (C=O) groups is 1. The zero-order valence-electron chi connectivity index (χ0n) is 17.9. The van der Waals surface area contributed by atoms with Crippen LogP contribution in [0.1, 0.15) is 70.8 Å². The monoisotopic (exact) mass is 408 g/mol. The Bertz CT molecular complexity index is 981. The van der Waals surface area contributed by atoms with E-state index in [1.807, 2.05) is 30.5 Å². The molecule has 160 valence electrons. The lowest BCUT2D eigenvalue weighted by Gasteiger charge is -2.39. The fraction of sp³-hybridized carbons (Fsp3) is 0.609. The summed E-state index contributed by atoms with van der Waals surface area (Å²) >= 11 is 0. The first kappa shape index (κ1) is 20.7. The number of nitrogens with zero attached hydrogens (tertiary/aromatic N) is 5. The molecule has 1 aliphatic heterocycles. The summed E-state index contributed by atoms with van der Waals surface area (Å²) in [7, 11) is 0. The average molecular weight is 409 g/mol. The fourth-order valence-corrected chi connectivity index (χ4v) is 5.27. The first-order valence-corrected chi connectivity index (χ1v) is 11.4. The largest absolute Gasteiger partial charge is 0.305 e. The van der Waals surface area contributed by atoms with E-state index >= 15 is 0 Å². The van der Waals surface area contributed by atoms with E-state index in [9.17, 15) is 10.1 Å². The van der Waals surface area contributed by atoms with E-state index < -0.39 is 0 Å². The molecule has 2 aliphatic rings. The van der Waals surface area contributed by atoms with Crippen LogP contribution in [-0.4, -0.2) is 39.2 Å². The molecule has 2 aromatic rings. The molecule has 0 radical (unpaired) electrons. The summed E-state index contributed by atoms with van der Waals surface area (Å²) in [5, 5.41) is 9.32. The van der Waals surface area contributed by atoms with Gasteiger partial charge in [0.1, 0.15) is 0 Å². The molecular formula is C23H32N6O. The van der Waals surface area contributed by atoms with Gasteiger partial charge in [-0.3, -0.25) is 10.2 Å². The van der Waals surface area contributed by atoms with Gasteiger partial charge in [-0.2, -0.15) is 5.26 Å². The second-order valence-electron chi connectivity index (χ2n) is 8.64. The molecular weight excluding hydrogens is 376 g/mol. The molecule has 0 bridgehead atoms. The van der Waals surface area contributed by atoms with Gasteiger partial charge in [0.15, 0.2) is 0 Å². The minimum Gasteiger partial charge on any atom is -0.305 e. The summed E-state index contributed by atoms with van der Waals surface area (Å²) < 4.78 is 3.81. The molecule has 0 atom stereocenters. The van der Waals surface area contributed by atoms with Crippen molar-refractivity contribution in [3.63, 3.8) is 0 Å². The third-order valence-electron chi connectivity index (χ3n) is 6.67. The summed E-state index contributed by atoms with van der Waals surface area (Å²) in [6.07, 6.45) is 13.5. The number of piperidine rings is 1. The number of amides is 1. The Balaban J connectivity index is 1.61. The third kappa shape index (κ3) is 4.29. The van der Waals surface area contributed by atoms with Gasteiger partial charge < -0.3 is 9.47 Å². The molecule has 4 rings (SSSR count). The van der Waals surface area contributed by atoms with E-state index in [0.29, 0.717) is 5.62 Å². The van der Waals surface area contributed by atoms with Crippen LogP contribution in [-0.2, 0) is 4.79 Å². The van der Waals surface area contributed by atoms with Gasteiger partial charge in [0.2, 0.25) is 17.7 Å². The third-order valence-corrected chi connectivity index (χ3v) is 6.67. The van der Waals surface area contributed by atoms with E-state index in [-0.39, 0.29) is 11.9 Å². The Morgan fingerprint density at radius 1 is 1.00 bits per heavy atom. The Kier molecular flexibility index (Phi) is 6.53. The Labute approximate surface area is 178 Å². The van der Waals surface area contributed by atoms with Gasteiger partial charge in [0.25, 0.3) is 0 Å². The highest BCUT2D eigenvalue weighted by atomic mass is 16.2. The maximum atomic E-state index is 11.8. The number of rotatable bonds is 3.